The summed E-state index contributed by atoms with van der Waals surface area (Å²) >= 11 is 0. The first-order chi connectivity index (χ1) is 9.35. The number of nitrogens with two attached hydrogens (primary N) is 1. The highest BCUT2D eigenvalue weighted by molar-refractivity contribution is 5.97. The van der Waals surface area contributed by atoms with E-state index in [1.54, 1.807) is 0 Å². The largest absolute Gasteiger partial charge is 0.352 e. The molecular weight excluding hydrogens is 254 g/mol. The molecule has 0 saturated carbocycles. The fourth-order valence-electron chi connectivity index (χ4n) is 1.89. The Labute approximate surface area is 119 Å². The van der Waals surface area contributed by atoms with Crippen LogP contribution in [0.4, 0.5) is 10.5 Å². The normalized spacial score (nSPS) is 13.4. The first-order valence-corrected chi connectivity index (χ1v) is 6.79. The van der Waals surface area contributed by atoms with Crippen LogP contribution in [0.2, 0.25) is 0 Å². The zero-order chi connectivity index (χ0) is 15.3. The molecule has 0 fully saturated rings. The molecule has 0 aliphatic rings. The maximum absolute atomic E-state index is 12.3. The molecule has 0 bridgehead atoms. The zero-order valence-corrected chi connectivity index (χ0v) is 12.5. The summed E-state index contributed by atoms with van der Waals surface area (Å²) in [6, 6.07) is 4.39. The van der Waals surface area contributed by atoms with Gasteiger partial charge in [0.25, 0.3) is 0 Å². The van der Waals surface area contributed by atoms with Gasteiger partial charge in [-0.3, -0.25) is 4.79 Å². The van der Waals surface area contributed by atoms with Crippen LogP contribution in [0.25, 0.3) is 0 Å². The van der Waals surface area contributed by atoms with Crippen molar-refractivity contribution in [2.45, 2.75) is 40.2 Å². The van der Waals surface area contributed by atoms with Crippen LogP contribution in [-0.2, 0) is 4.79 Å². The lowest BCUT2D eigenvalue weighted by molar-refractivity contribution is -0.119. The number of hydrogen-bond acceptors (Lipinski definition) is 2. The number of rotatable bonds is 5. The molecule has 110 valence electrons. The summed E-state index contributed by atoms with van der Waals surface area (Å²) in [5, 5.41) is 5.32. The third kappa shape index (κ3) is 4.26. The van der Waals surface area contributed by atoms with E-state index < -0.39 is 12.1 Å². The van der Waals surface area contributed by atoms with Gasteiger partial charge in [-0.1, -0.05) is 26.3 Å². The quantitative estimate of drug-likeness (QED) is 0.771. The lowest BCUT2D eigenvalue weighted by atomic mass is 9.98. The predicted molar refractivity (Wildman–Crippen MR) is 80.5 cm³/mol. The molecule has 0 radical (unpaired) electrons. The number of urea groups is 1. The standard InChI is InChI=1S/C15H23N3O2/c1-5-9(2)13(18-15(16)20)14(19)17-12-7-6-10(3)11(4)8-12/h6-9,13H,5H2,1-4H3,(H,17,19)(H3,16,18,20)/t9-,13-/m0/s1. The van der Waals surface area contributed by atoms with Crippen LogP contribution in [0.3, 0.4) is 0 Å². The van der Waals surface area contributed by atoms with Crippen molar-refractivity contribution in [1.29, 1.82) is 0 Å². The van der Waals surface area contributed by atoms with E-state index in [1.807, 2.05) is 45.9 Å². The lowest BCUT2D eigenvalue weighted by Gasteiger charge is -2.22. The van der Waals surface area contributed by atoms with Crippen molar-refractivity contribution in [1.82, 2.24) is 5.32 Å². The second-order valence-corrected chi connectivity index (χ2v) is 5.16. The number of anilines is 1. The van der Waals surface area contributed by atoms with Gasteiger partial charge in [0.1, 0.15) is 6.04 Å². The molecule has 5 heteroatoms. The molecule has 2 atom stereocenters. The number of carbonyl (C=O) groups is 2. The van der Waals surface area contributed by atoms with E-state index in [0.29, 0.717) is 0 Å². The minimum absolute atomic E-state index is 0.00838. The molecule has 3 amide bonds. The van der Waals surface area contributed by atoms with E-state index in [9.17, 15) is 9.59 Å². The number of benzene rings is 1. The first kappa shape index (κ1) is 16.0. The summed E-state index contributed by atoms with van der Waals surface area (Å²) in [5.74, 6) is -0.240. The highest BCUT2D eigenvalue weighted by Crippen LogP contribution is 2.16. The lowest BCUT2D eigenvalue weighted by Crippen LogP contribution is -2.49. The Balaban J connectivity index is 2.84. The van der Waals surface area contributed by atoms with Gasteiger partial charge in [-0.2, -0.15) is 0 Å². The number of aryl methyl sites for hydroxylation is 2. The number of primary amides is 1. The van der Waals surface area contributed by atoms with Crippen LogP contribution in [-0.4, -0.2) is 18.0 Å². The predicted octanol–water partition coefficient (Wildman–Crippen LogP) is 2.32. The molecule has 0 unspecified atom stereocenters. The summed E-state index contributed by atoms with van der Waals surface area (Å²) < 4.78 is 0. The Morgan fingerprint density at radius 3 is 2.40 bits per heavy atom. The molecule has 0 aliphatic carbocycles. The second-order valence-electron chi connectivity index (χ2n) is 5.16. The van der Waals surface area contributed by atoms with Gasteiger partial charge in [0, 0.05) is 5.69 Å². The van der Waals surface area contributed by atoms with Crippen molar-refractivity contribution >= 4 is 17.6 Å². The van der Waals surface area contributed by atoms with E-state index in [2.05, 4.69) is 10.6 Å². The van der Waals surface area contributed by atoms with Gasteiger partial charge in [0.05, 0.1) is 0 Å². The minimum atomic E-state index is -0.689. The molecule has 1 aromatic rings. The monoisotopic (exact) mass is 277 g/mol. The number of hydrogen-bond donors (Lipinski definition) is 3. The molecule has 1 rings (SSSR count). The molecule has 20 heavy (non-hydrogen) atoms. The van der Waals surface area contributed by atoms with Gasteiger partial charge in [-0.05, 0) is 43.0 Å². The third-order valence-electron chi connectivity index (χ3n) is 3.57. The van der Waals surface area contributed by atoms with Gasteiger partial charge >= 0.3 is 6.03 Å². The van der Waals surface area contributed by atoms with E-state index >= 15 is 0 Å². The molecule has 0 aliphatic heterocycles. The summed E-state index contributed by atoms with van der Waals surface area (Å²) in [4.78, 5) is 23.3. The fraction of sp³-hybridized carbons (Fsp3) is 0.467. The average Bonchev–Trinajstić information content (AvgIpc) is 2.39. The van der Waals surface area contributed by atoms with Gasteiger partial charge in [0.15, 0.2) is 0 Å². The molecule has 0 heterocycles. The van der Waals surface area contributed by atoms with Crippen molar-refractivity contribution in [2.24, 2.45) is 11.7 Å². The number of nitrogens with one attached hydrogen (secondary N) is 2. The topological polar surface area (TPSA) is 84.2 Å². The first-order valence-electron chi connectivity index (χ1n) is 6.79. The van der Waals surface area contributed by atoms with E-state index in [0.717, 1.165) is 23.2 Å². The van der Waals surface area contributed by atoms with Gasteiger partial charge in [-0.25, -0.2) is 4.79 Å². The second kappa shape index (κ2) is 6.93. The van der Waals surface area contributed by atoms with Gasteiger partial charge < -0.3 is 16.4 Å². The summed E-state index contributed by atoms with van der Waals surface area (Å²) in [5.41, 5.74) is 8.12. The summed E-state index contributed by atoms with van der Waals surface area (Å²) in [6.07, 6.45) is 0.769. The van der Waals surface area contributed by atoms with Crippen molar-refractivity contribution in [3.63, 3.8) is 0 Å². The Bertz CT molecular complexity index is 500. The van der Waals surface area contributed by atoms with Crippen LogP contribution >= 0.6 is 0 Å². The van der Waals surface area contributed by atoms with Crippen LogP contribution in [0.15, 0.2) is 18.2 Å². The van der Waals surface area contributed by atoms with Crippen LogP contribution in [0, 0.1) is 19.8 Å². The Morgan fingerprint density at radius 2 is 1.90 bits per heavy atom. The number of amides is 3. The highest BCUT2D eigenvalue weighted by atomic mass is 16.2. The smallest absolute Gasteiger partial charge is 0.312 e. The van der Waals surface area contributed by atoms with Crippen molar-refractivity contribution in [3.8, 4) is 0 Å². The van der Waals surface area contributed by atoms with E-state index in [-0.39, 0.29) is 11.8 Å². The molecule has 0 aromatic heterocycles. The molecular formula is C15H23N3O2. The maximum atomic E-state index is 12.3. The summed E-state index contributed by atoms with van der Waals surface area (Å²) in [7, 11) is 0. The highest BCUT2D eigenvalue weighted by Gasteiger charge is 2.25. The maximum Gasteiger partial charge on any atom is 0.312 e. The van der Waals surface area contributed by atoms with Crippen LogP contribution in [0.5, 0.6) is 0 Å². The zero-order valence-electron chi connectivity index (χ0n) is 12.5. The molecule has 0 saturated heterocycles. The summed E-state index contributed by atoms with van der Waals surface area (Å²) in [6.45, 7) is 7.86. The SMILES string of the molecule is CC[C@H](C)[C@H](NC(N)=O)C(=O)Nc1ccc(C)c(C)c1. The van der Waals surface area contributed by atoms with Crippen LogP contribution in [0.1, 0.15) is 31.4 Å². The molecule has 0 spiro atoms. The third-order valence-corrected chi connectivity index (χ3v) is 3.57. The minimum Gasteiger partial charge on any atom is -0.352 e. The van der Waals surface area contributed by atoms with Crippen molar-refractivity contribution < 1.29 is 9.59 Å². The van der Waals surface area contributed by atoms with Gasteiger partial charge in [-0.15, -0.1) is 0 Å². The van der Waals surface area contributed by atoms with E-state index in [4.69, 9.17) is 5.73 Å². The van der Waals surface area contributed by atoms with E-state index in [1.165, 1.54) is 0 Å². The molecule has 5 nitrogen and oxygen atoms in total. The molecule has 4 N–H and O–H groups in total. The average molecular weight is 277 g/mol. The Morgan fingerprint density at radius 1 is 1.25 bits per heavy atom. The molecule has 1 aromatic carbocycles. The number of carbonyl (C=O) groups excluding carboxylic acids is 2. The van der Waals surface area contributed by atoms with Gasteiger partial charge in [0.2, 0.25) is 5.91 Å². The van der Waals surface area contributed by atoms with Crippen molar-refractivity contribution in [3.05, 3.63) is 29.3 Å². The van der Waals surface area contributed by atoms with Crippen LogP contribution < -0.4 is 16.4 Å². The fourth-order valence-corrected chi connectivity index (χ4v) is 1.89. The Kier molecular flexibility index (Phi) is 5.55. The Hall–Kier alpha value is -2.04. The van der Waals surface area contributed by atoms with Crippen molar-refractivity contribution in [2.75, 3.05) is 5.32 Å².